The molecule has 2 aromatic heterocycles. The van der Waals surface area contributed by atoms with Gasteiger partial charge in [0.1, 0.15) is 5.56 Å². The van der Waals surface area contributed by atoms with Gasteiger partial charge in [0.05, 0.1) is 5.69 Å². The van der Waals surface area contributed by atoms with Crippen molar-refractivity contribution < 1.29 is 4.79 Å². The van der Waals surface area contributed by atoms with Gasteiger partial charge in [-0.25, -0.2) is 9.50 Å². The Balaban J connectivity index is 2.46. The molecule has 0 aliphatic carbocycles. The first kappa shape index (κ1) is 16.4. The van der Waals surface area contributed by atoms with E-state index in [1.807, 2.05) is 40.7 Å². The highest BCUT2D eigenvalue weighted by Gasteiger charge is 2.26. The Morgan fingerprint density at radius 1 is 1.36 bits per heavy atom. The average Bonchev–Trinajstić information content (AvgIpc) is 2.74. The van der Waals surface area contributed by atoms with Crippen LogP contribution in [0, 0.1) is 26.2 Å². The van der Waals surface area contributed by atoms with Crippen LogP contribution in [0.25, 0.3) is 5.65 Å². The lowest BCUT2D eigenvalue weighted by molar-refractivity contribution is 0.0741. The summed E-state index contributed by atoms with van der Waals surface area (Å²) in [5.74, 6) is -0.0634. The molecule has 2 aromatic rings. The minimum absolute atomic E-state index is 0.0634. The van der Waals surface area contributed by atoms with Crippen LogP contribution in [-0.2, 0) is 0 Å². The quantitative estimate of drug-likeness (QED) is 0.933. The molecule has 0 aliphatic rings. The van der Waals surface area contributed by atoms with Gasteiger partial charge in [0, 0.05) is 25.0 Å². The van der Waals surface area contributed by atoms with E-state index in [9.17, 15) is 4.79 Å². The van der Waals surface area contributed by atoms with Crippen LogP contribution >= 0.6 is 0 Å². The smallest absolute Gasteiger partial charge is 0.259 e. The summed E-state index contributed by atoms with van der Waals surface area (Å²) in [7, 11) is 1.80. The Bertz CT molecular complexity index is 717. The summed E-state index contributed by atoms with van der Waals surface area (Å²) in [5, 5.41) is 4.46. The number of aryl methyl sites for hydroxylation is 3. The van der Waals surface area contributed by atoms with E-state index in [0.717, 1.165) is 11.4 Å². The summed E-state index contributed by atoms with van der Waals surface area (Å²) in [6.07, 6.45) is 0. The summed E-state index contributed by atoms with van der Waals surface area (Å²) >= 11 is 0. The van der Waals surface area contributed by atoms with Crippen LogP contribution in [0.3, 0.4) is 0 Å². The fraction of sp³-hybridized carbons (Fsp3) is 0.562. The minimum Gasteiger partial charge on any atom is -0.341 e. The van der Waals surface area contributed by atoms with Crippen LogP contribution in [-0.4, -0.2) is 45.5 Å². The fourth-order valence-corrected chi connectivity index (χ4v) is 2.65. The molecular formula is C16H25N5O. The van der Waals surface area contributed by atoms with Gasteiger partial charge in [-0.05, 0) is 38.8 Å². The van der Waals surface area contributed by atoms with Gasteiger partial charge in [0.15, 0.2) is 5.65 Å². The number of nitrogens with zero attached hydrogens (tertiary/aromatic N) is 4. The van der Waals surface area contributed by atoms with Crippen molar-refractivity contribution in [2.45, 2.75) is 34.6 Å². The summed E-state index contributed by atoms with van der Waals surface area (Å²) in [5.41, 5.74) is 9.38. The van der Waals surface area contributed by atoms with Crippen molar-refractivity contribution in [1.82, 2.24) is 19.5 Å². The van der Waals surface area contributed by atoms with Crippen molar-refractivity contribution in [2.24, 2.45) is 11.1 Å². The maximum atomic E-state index is 12.8. The summed E-state index contributed by atoms with van der Waals surface area (Å²) < 4.78 is 1.73. The Morgan fingerprint density at radius 2 is 2.00 bits per heavy atom. The highest BCUT2D eigenvalue weighted by molar-refractivity contribution is 6.01. The molecule has 0 unspecified atom stereocenters. The molecule has 0 atom stereocenters. The Labute approximate surface area is 131 Å². The molecule has 0 fully saturated rings. The van der Waals surface area contributed by atoms with Crippen LogP contribution in [0.4, 0.5) is 0 Å². The molecule has 1 amide bonds. The second kappa shape index (κ2) is 5.68. The molecule has 0 radical (unpaired) electrons. The number of carbonyl (C=O) groups is 1. The lowest BCUT2D eigenvalue weighted by atomic mass is 9.93. The number of aromatic nitrogens is 3. The van der Waals surface area contributed by atoms with Crippen LogP contribution < -0.4 is 5.73 Å². The Hall–Kier alpha value is -1.95. The molecule has 0 bridgehead atoms. The Morgan fingerprint density at radius 3 is 2.59 bits per heavy atom. The summed E-state index contributed by atoms with van der Waals surface area (Å²) in [6, 6.07) is 1.95. The fourth-order valence-electron chi connectivity index (χ4n) is 2.65. The largest absolute Gasteiger partial charge is 0.341 e. The van der Waals surface area contributed by atoms with Crippen LogP contribution in [0.1, 0.15) is 41.3 Å². The predicted molar refractivity (Wildman–Crippen MR) is 87.0 cm³/mol. The maximum absolute atomic E-state index is 12.8. The molecule has 6 heteroatoms. The zero-order valence-electron chi connectivity index (χ0n) is 14.3. The molecule has 22 heavy (non-hydrogen) atoms. The number of carbonyl (C=O) groups excluding carboxylic acids is 1. The average molecular weight is 303 g/mol. The summed E-state index contributed by atoms with van der Waals surface area (Å²) in [4.78, 5) is 19.1. The molecular weight excluding hydrogens is 278 g/mol. The molecule has 120 valence electrons. The lowest BCUT2D eigenvalue weighted by Gasteiger charge is -2.29. The molecule has 0 saturated carbocycles. The van der Waals surface area contributed by atoms with Gasteiger partial charge in [-0.1, -0.05) is 13.8 Å². The van der Waals surface area contributed by atoms with Crippen molar-refractivity contribution in [2.75, 3.05) is 20.1 Å². The second-order valence-corrected chi connectivity index (χ2v) is 6.76. The molecule has 0 saturated heterocycles. The third-order valence-electron chi connectivity index (χ3n) is 3.85. The standard InChI is InChI=1S/C16H25N5O/c1-10-7-11(2)21-14(18-10)13(12(3)19-21)15(22)20(6)9-16(4,5)8-17/h7H,8-9,17H2,1-6H3. The van der Waals surface area contributed by atoms with Crippen LogP contribution in [0.15, 0.2) is 6.07 Å². The van der Waals surface area contributed by atoms with Crippen molar-refractivity contribution in [3.63, 3.8) is 0 Å². The van der Waals surface area contributed by atoms with Gasteiger partial charge in [-0.2, -0.15) is 5.10 Å². The molecule has 0 spiro atoms. The number of hydrogen-bond donors (Lipinski definition) is 1. The molecule has 2 N–H and O–H groups in total. The molecule has 2 rings (SSSR count). The molecule has 0 aromatic carbocycles. The van der Waals surface area contributed by atoms with Crippen LogP contribution in [0.2, 0.25) is 0 Å². The van der Waals surface area contributed by atoms with E-state index in [2.05, 4.69) is 10.1 Å². The van der Waals surface area contributed by atoms with E-state index in [1.54, 1.807) is 16.5 Å². The van der Waals surface area contributed by atoms with Crippen molar-refractivity contribution in [3.05, 3.63) is 28.7 Å². The van der Waals surface area contributed by atoms with Gasteiger partial charge < -0.3 is 10.6 Å². The maximum Gasteiger partial charge on any atom is 0.259 e. The highest BCUT2D eigenvalue weighted by Crippen LogP contribution is 2.20. The SMILES string of the molecule is Cc1cc(C)n2nc(C)c(C(=O)N(C)CC(C)(C)CN)c2n1. The van der Waals surface area contributed by atoms with E-state index in [0.29, 0.717) is 30.0 Å². The summed E-state index contributed by atoms with van der Waals surface area (Å²) in [6.45, 7) is 10.9. The van der Waals surface area contributed by atoms with Gasteiger partial charge >= 0.3 is 0 Å². The zero-order chi connectivity index (χ0) is 16.7. The third-order valence-corrected chi connectivity index (χ3v) is 3.85. The zero-order valence-corrected chi connectivity index (χ0v) is 14.3. The van der Waals surface area contributed by atoms with Gasteiger partial charge in [0.2, 0.25) is 0 Å². The van der Waals surface area contributed by atoms with E-state index < -0.39 is 0 Å². The van der Waals surface area contributed by atoms with Crippen molar-refractivity contribution in [1.29, 1.82) is 0 Å². The van der Waals surface area contributed by atoms with Crippen molar-refractivity contribution in [3.8, 4) is 0 Å². The molecule has 0 aliphatic heterocycles. The van der Waals surface area contributed by atoms with Crippen molar-refractivity contribution >= 4 is 11.6 Å². The lowest BCUT2D eigenvalue weighted by Crippen LogP contribution is -2.40. The third kappa shape index (κ3) is 2.97. The highest BCUT2D eigenvalue weighted by atomic mass is 16.2. The Kier molecular flexibility index (Phi) is 4.24. The second-order valence-electron chi connectivity index (χ2n) is 6.76. The number of fused-ring (bicyclic) bond motifs is 1. The van der Waals surface area contributed by atoms with Gasteiger partial charge in [0.25, 0.3) is 5.91 Å². The van der Waals surface area contributed by atoms with E-state index in [4.69, 9.17) is 5.73 Å². The molecule has 2 heterocycles. The number of amides is 1. The first-order chi connectivity index (χ1) is 10.2. The minimum atomic E-state index is -0.124. The first-order valence-corrected chi connectivity index (χ1v) is 7.45. The normalized spacial score (nSPS) is 12.0. The number of rotatable bonds is 4. The number of nitrogens with two attached hydrogens (primary N) is 1. The first-order valence-electron chi connectivity index (χ1n) is 7.45. The number of hydrogen-bond acceptors (Lipinski definition) is 4. The van der Waals surface area contributed by atoms with E-state index >= 15 is 0 Å². The van der Waals surface area contributed by atoms with Gasteiger partial charge in [-0.15, -0.1) is 0 Å². The monoisotopic (exact) mass is 303 g/mol. The van der Waals surface area contributed by atoms with E-state index in [-0.39, 0.29) is 11.3 Å². The van der Waals surface area contributed by atoms with Gasteiger partial charge in [-0.3, -0.25) is 4.79 Å². The van der Waals surface area contributed by atoms with Crippen LogP contribution in [0.5, 0.6) is 0 Å². The predicted octanol–water partition coefficient (Wildman–Crippen LogP) is 1.71. The van der Waals surface area contributed by atoms with E-state index in [1.165, 1.54) is 0 Å². The topological polar surface area (TPSA) is 76.5 Å². The molecule has 6 nitrogen and oxygen atoms in total.